The lowest BCUT2D eigenvalue weighted by Crippen LogP contribution is -2.22. The van der Waals surface area contributed by atoms with E-state index in [1.165, 1.54) is 12.7 Å². The maximum Gasteiger partial charge on any atom is 0.251 e. The SMILES string of the molecule is COc1ccc(C(=O)NCc2csc(-c3ccc(C)cc3)n2)cc1Cl. The lowest BCUT2D eigenvalue weighted by Gasteiger charge is -2.06. The fourth-order valence-electron chi connectivity index (χ4n) is 2.30. The van der Waals surface area contributed by atoms with Gasteiger partial charge in [0.1, 0.15) is 10.8 Å². The van der Waals surface area contributed by atoms with Gasteiger partial charge < -0.3 is 10.1 Å². The zero-order valence-electron chi connectivity index (χ0n) is 13.9. The smallest absolute Gasteiger partial charge is 0.251 e. The van der Waals surface area contributed by atoms with E-state index in [-0.39, 0.29) is 5.91 Å². The molecule has 1 N–H and O–H groups in total. The van der Waals surface area contributed by atoms with Crippen LogP contribution in [0.4, 0.5) is 0 Å². The van der Waals surface area contributed by atoms with E-state index in [4.69, 9.17) is 16.3 Å². The second kappa shape index (κ2) is 7.68. The molecule has 1 aromatic heterocycles. The molecule has 0 aliphatic carbocycles. The third kappa shape index (κ3) is 4.18. The Bertz CT molecular complexity index is 891. The van der Waals surface area contributed by atoms with Gasteiger partial charge >= 0.3 is 0 Å². The van der Waals surface area contributed by atoms with Gasteiger partial charge in [-0.25, -0.2) is 4.98 Å². The number of aryl methyl sites for hydroxylation is 1. The predicted octanol–water partition coefficient (Wildman–Crippen LogP) is 4.71. The van der Waals surface area contributed by atoms with Gasteiger partial charge in [0.05, 0.1) is 24.4 Å². The molecule has 0 saturated heterocycles. The molecule has 25 heavy (non-hydrogen) atoms. The summed E-state index contributed by atoms with van der Waals surface area (Å²) in [4.78, 5) is 16.8. The average Bonchev–Trinajstić information content (AvgIpc) is 3.09. The molecule has 0 aliphatic heterocycles. The summed E-state index contributed by atoms with van der Waals surface area (Å²) in [5.74, 6) is 0.342. The van der Waals surface area contributed by atoms with Gasteiger partial charge in [0.2, 0.25) is 0 Å². The van der Waals surface area contributed by atoms with Crippen LogP contribution in [0.1, 0.15) is 21.6 Å². The highest BCUT2D eigenvalue weighted by Gasteiger charge is 2.10. The van der Waals surface area contributed by atoms with Gasteiger partial charge in [-0.05, 0) is 25.1 Å². The quantitative estimate of drug-likeness (QED) is 0.705. The molecule has 0 fully saturated rings. The van der Waals surface area contributed by atoms with Crippen LogP contribution in [-0.2, 0) is 6.54 Å². The second-order valence-corrected chi connectivity index (χ2v) is 6.81. The minimum absolute atomic E-state index is 0.200. The Hall–Kier alpha value is -2.37. The number of rotatable bonds is 5. The largest absolute Gasteiger partial charge is 0.495 e. The van der Waals surface area contributed by atoms with Gasteiger partial charge in [-0.1, -0.05) is 41.4 Å². The number of carbonyl (C=O) groups excluding carboxylic acids is 1. The molecule has 0 unspecified atom stereocenters. The number of carbonyl (C=O) groups is 1. The maximum atomic E-state index is 12.2. The Kier molecular flexibility index (Phi) is 5.36. The third-order valence-electron chi connectivity index (χ3n) is 3.69. The summed E-state index contributed by atoms with van der Waals surface area (Å²) in [6, 6.07) is 13.2. The third-order valence-corrected chi connectivity index (χ3v) is 4.93. The first-order valence-electron chi connectivity index (χ1n) is 7.70. The van der Waals surface area contributed by atoms with Crippen LogP contribution in [0.3, 0.4) is 0 Å². The number of hydrogen-bond acceptors (Lipinski definition) is 4. The Labute approximate surface area is 155 Å². The summed E-state index contributed by atoms with van der Waals surface area (Å²) in [6.45, 7) is 2.42. The fourth-order valence-corrected chi connectivity index (χ4v) is 3.38. The molecule has 3 aromatic rings. The highest BCUT2D eigenvalue weighted by atomic mass is 35.5. The summed E-state index contributed by atoms with van der Waals surface area (Å²) < 4.78 is 5.09. The first kappa shape index (κ1) is 17.5. The number of thiazole rings is 1. The van der Waals surface area contributed by atoms with Crippen molar-refractivity contribution in [3.05, 3.63) is 69.7 Å². The van der Waals surface area contributed by atoms with Gasteiger partial charge in [-0.3, -0.25) is 4.79 Å². The summed E-state index contributed by atoms with van der Waals surface area (Å²) in [5, 5.41) is 6.16. The van der Waals surface area contributed by atoms with Crippen LogP contribution in [0.5, 0.6) is 5.75 Å². The lowest BCUT2D eigenvalue weighted by atomic mass is 10.2. The van der Waals surface area contributed by atoms with E-state index in [1.807, 2.05) is 5.38 Å². The summed E-state index contributed by atoms with van der Waals surface area (Å²) >= 11 is 7.62. The standard InChI is InChI=1S/C19H17ClN2O2S/c1-12-3-5-13(6-4-12)19-22-15(11-25-19)10-21-18(23)14-7-8-17(24-2)16(20)9-14/h3-9,11H,10H2,1-2H3,(H,21,23). The summed E-state index contributed by atoms with van der Waals surface area (Å²) in [6.07, 6.45) is 0. The van der Waals surface area contributed by atoms with Crippen molar-refractivity contribution in [3.63, 3.8) is 0 Å². The molecule has 6 heteroatoms. The van der Waals surface area contributed by atoms with Crippen molar-refractivity contribution in [2.45, 2.75) is 13.5 Å². The fraction of sp³-hybridized carbons (Fsp3) is 0.158. The minimum atomic E-state index is -0.200. The number of ether oxygens (including phenoxy) is 1. The molecule has 0 aliphatic rings. The minimum Gasteiger partial charge on any atom is -0.495 e. The highest BCUT2D eigenvalue weighted by Crippen LogP contribution is 2.25. The van der Waals surface area contributed by atoms with Crippen LogP contribution < -0.4 is 10.1 Å². The van der Waals surface area contributed by atoms with Crippen LogP contribution in [0.15, 0.2) is 47.8 Å². The van der Waals surface area contributed by atoms with Gasteiger partial charge in [-0.2, -0.15) is 0 Å². The van der Waals surface area contributed by atoms with Gasteiger partial charge in [-0.15, -0.1) is 11.3 Å². The van der Waals surface area contributed by atoms with E-state index in [0.29, 0.717) is 22.9 Å². The zero-order valence-corrected chi connectivity index (χ0v) is 15.4. The molecular weight excluding hydrogens is 356 g/mol. The molecular formula is C19H17ClN2O2S. The van der Waals surface area contributed by atoms with Gasteiger partial charge in [0.15, 0.2) is 0 Å². The topological polar surface area (TPSA) is 51.2 Å². The van der Waals surface area contributed by atoms with E-state index < -0.39 is 0 Å². The van der Waals surface area contributed by atoms with Crippen molar-refractivity contribution in [2.24, 2.45) is 0 Å². The summed E-state index contributed by atoms with van der Waals surface area (Å²) in [7, 11) is 1.54. The van der Waals surface area contributed by atoms with E-state index in [2.05, 4.69) is 41.5 Å². The van der Waals surface area contributed by atoms with Crippen LogP contribution in [0, 0.1) is 6.92 Å². The number of benzene rings is 2. The lowest BCUT2D eigenvalue weighted by molar-refractivity contribution is 0.0950. The van der Waals surface area contributed by atoms with Crippen LogP contribution in [0.25, 0.3) is 10.6 Å². The van der Waals surface area contributed by atoms with Gasteiger partial charge in [0, 0.05) is 16.5 Å². The number of nitrogens with zero attached hydrogens (tertiary/aromatic N) is 1. The van der Waals surface area contributed by atoms with Crippen molar-refractivity contribution in [1.82, 2.24) is 10.3 Å². The number of methoxy groups -OCH3 is 1. The molecule has 1 amide bonds. The van der Waals surface area contributed by atoms with Crippen LogP contribution >= 0.6 is 22.9 Å². The van der Waals surface area contributed by atoms with Crippen molar-refractivity contribution in [3.8, 4) is 16.3 Å². The average molecular weight is 373 g/mol. The molecule has 0 bridgehead atoms. The normalized spacial score (nSPS) is 10.5. The molecule has 0 radical (unpaired) electrons. The Balaban J connectivity index is 1.65. The van der Waals surface area contributed by atoms with Gasteiger partial charge in [0.25, 0.3) is 5.91 Å². The zero-order chi connectivity index (χ0) is 17.8. The molecule has 128 valence electrons. The first-order valence-corrected chi connectivity index (χ1v) is 8.96. The molecule has 4 nitrogen and oxygen atoms in total. The monoisotopic (exact) mass is 372 g/mol. The number of hydrogen-bond donors (Lipinski definition) is 1. The Morgan fingerprint density at radius 2 is 2.00 bits per heavy atom. The first-order chi connectivity index (χ1) is 12.1. The van der Waals surface area contributed by atoms with E-state index >= 15 is 0 Å². The molecule has 0 spiro atoms. The van der Waals surface area contributed by atoms with E-state index in [1.54, 1.807) is 29.5 Å². The number of nitrogens with one attached hydrogen (secondary N) is 1. The van der Waals surface area contributed by atoms with Crippen molar-refractivity contribution >= 4 is 28.8 Å². The Morgan fingerprint density at radius 3 is 2.68 bits per heavy atom. The number of halogens is 1. The van der Waals surface area contributed by atoms with E-state index in [0.717, 1.165) is 16.3 Å². The van der Waals surface area contributed by atoms with Crippen LogP contribution in [-0.4, -0.2) is 18.0 Å². The molecule has 0 atom stereocenters. The molecule has 2 aromatic carbocycles. The number of amides is 1. The molecule has 1 heterocycles. The molecule has 3 rings (SSSR count). The highest BCUT2D eigenvalue weighted by molar-refractivity contribution is 7.13. The van der Waals surface area contributed by atoms with Crippen LogP contribution in [0.2, 0.25) is 5.02 Å². The summed E-state index contributed by atoms with van der Waals surface area (Å²) in [5.41, 5.74) is 3.61. The van der Waals surface area contributed by atoms with E-state index in [9.17, 15) is 4.79 Å². The maximum absolute atomic E-state index is 12.2. The molecule has 0 saturated carbocycles. The second-order valence-electron chi connectivity index (χ2n) is 5.54. The number of aromatic nitrogens is 1. The van der Waals surface area contributed by atoms with Crippen molar-refractivity contribution in [2.75, 3.05) is 7.11 Å². The Morgan fingerprint density at radius 1 is 1.24 bits per heavy atom. The predicted molar refractivity (Wildman–Crippen MR) is 101 cm³/mol. The van der Waals surface area contributed by atoms with Crippen molar-refractivity contribution in [1.29, 1.82) is 0 Å². The van der Waals surface area contributed by atoms with Crippen molar-refractivity contribution < 1.29 is 9.53 Å².